The quantitative estimate of drug-likeness (QED) is 0.507. The van der Waals surface area contributed by atoms with Crippen LogP contribution < -0.4 is 5.43 Å². The Morgan fingerprint density at radius 2 is 2.14 bits per heavy atom. The fourth-order valence-electron chi connectivity index (χ4n) is 0.727. The Bertz CT molecular complexity index is 392. The van der Waals surface area contributed by atoms with Gasteiger partial charge in [0.15, 0.2) is 12.0 Å². The maximum absolute atomic E-state index is 10.2. The number of hydrazone groups is 1. The molecule has 0 radical (unpaired) electrons. The van der Waals surface area contributed by atoms with E-state index < -0.39 is 0 Å². The number of rotatable bonds is 3. The van der Waals surface area contributed by atoms with Crippen LogP contribution in [0.1, 0.15) is 0 Å². The number of nitrogens with zero attached hydrogens (tertiary/aromatic N) is 2. The smallest absolute Gasteiger partial charge is 0.200 e. The lowest BCUT2D eigenvalue weighted by atomic mass is 10.3. The number of carbonyl (C=O) groups excluding carboxylic acids is 1. The Kier molecular flexibility index (Phi) is 3.83. The van der Waals surface area contributed by atoms with Gasteiger partial charge in [-0.1, -0.05) is 15.9 Å². The average Bonchev–Trinajstić information content (AvgIpc) is 2.22. The van der Waals surface area contributed by atoms with Gasteiger partial charge in [0.2, 0.25) is 0 Å². The van der Waals surface area contributed by atoms with E-state index >= 15 is 0 Å². The first kappa shape index (κ1) is 10.4. The van der Waals surface area contributed by atoms with Crippen LogP contribution in [0.5, 0.6) is 0 Å². The maximum Gasteiger partial charge on any atom is 0.200 e. The first-order valence-electron chi connectivity index (χ1n) is 3.71. The molecular formula is C9H6BrN3O. The van der Waals surface area contributed by atoms with Crippen LogP contribution in [-0.4, -0.2) is 12.0 Å². The molecule has 1 aromatic carbocycles. The average molecular weight is 252 g/mol. The third-order valence-corrected chi connectivity index (χ3v) is 1.90. The predicted octanol–water partition coefficient (Wildman–Crippen LogP) is 1.94. The molecule has 0 saturated carbocycles. The van der Waals surface area contributed by atoms with Crippen LogP contribution >= 0.6 is 15.9 Å². The Hall–Kier alpha value is -1.67. The van der Waals surface area contributed by atoms with Crippen molar-refractivity contribution in [3.8, 4) is 6.07 Å². The number of hydrogen-bond acceptors (Lipinski definition) is 4. The minimum absolute atomic E-state index is 0.187. The van der Waals surface area contributed by atoms with Crippen LogP contribution in [-0.2, 0) is 4.79 Å². The third-order valence-electron chi connectivity index (χ3n) is 1.38. The first-order valence-corrected chi connectivity index (χ1v) is 4.50. The summed E-state index contributed by atoms with van der Waals surface area (Å²) >= 11 is 3.28. The van der Waals surface area contributed by atoms with E-state index in [2.05, 4.69) is 26.5 Å². The van der Waals surface area contributed by atoms with E-state index in [4.69, 9.17) is 5.26 Å². The molecule has 1 N–H and O–H groups in total. The molecule has 0 heterocycles. The summed E-state index contributed by atoms with van der Waals surface area (Å²) in [7, 11) is 0. The maximum atomic E-state index is 10.2. The molecule has 0 aliphatic carbocycles. The molecule has 1 aromatic rings. The summed E-state index contributed by atoms with van der Waals surface area (Å²) in [6, 6.07) is 8.83. The molecule has 0 aliphatic heterocycles. The zero-order valence-electron chi connectivity index (χ0n) is 7.07. The Labute approximate surface area is 89.4 Å². The van der Waals surface area contributed by atoms with Gasteiger partial charge < -0.3 is 0 Å². The predicted molar refractivity (Wildman–Crippen MR) is 56.9 cm³/mol. The number of benzene rings is 1. The molecule has 0 unspecified atom stereocenters. The Morgan fingerprint density at radius 3 is 2.64 bits per heavy atom. The minimum atomic E-state index is -0.187. The van der Waals surface area contributed by atoms with E-state index in [1.54, 1.807) is 18.2 Å². The lowest BCUT2D eigenvalue weighted by Crippen LogP contribution is -2.00. The molecule has 0 atom stereocenters. The highest BCUT2D eigenvalue weighted by molar-refractivity contribution is 9.10. The van der Waals surface area contributed by atoms with Crippen molar-refractivity contribution < 1.29 is 4.79 Å². The molecule has 0 bridgehead atoms. The van der Waals surface area contributed by atoms with E-state index in [1.807, 2.05) is 12.1 Å². The molecule has 0 saturated heterocycles. The van der Waals surface area contributed by atoms with E-state index in [9.17, 15) is 4.79 Å². The van der Waals surface area contributed by atoms with Gasteiger partial charge in [-0.25, -0.2) is 0 Å². The summed E-state index contributed by atoms with van der Waals surface area (Å²) in [6.45, 7) is 0. The number of aldehydes is 1. The van der Waals surface area contributed by atoms with Gasteiger partial charge in [-0.2, -0.15) is 10.4 Å². The molecule has 0 spiro atoms. The molecule has 0 aromatic heterocycles. The SMILES string of the molecule is N#C/C(C=O)=N/Nc1ccc(Br)cc1. The van der Waals surface area contributed by atoms with Crippen LogP contribution in [0.25, 0.3) is 0 Å². The van der Waals surface area contributed by atoms with E-state index in [0.717, 1.165) is 4.47 Å². The highest BCUT2D eigenvalue weighted by Gasteiger charge is 1.93. The largest absolute Gasteiger partial charge is 0.295 e. The zero-order chi connectivity index (χ0) is 10.4. The molecule has 14 heavy (non-hydrogen) atoms. The number of carbonyl (C=O) groups is 1. The van der Waals surface area contributed by atoms with Gasteiger partial charge in [-0.05, 0) is 24.3 Å². The molecule has 0 amide bonds. The molecule has 70 valence electrons. The van der Waals surface area contributed by atoms with Crippen molar-refractivity contribution in [2.24, 2.45) is 5.10 Å². The summed E-state index contributed by atoms with van der Waals surface area (Å²) in [5.74, 6) is 0. The third kappa shape index (κ3) is 2.99. The monoisotopic (exact) mass is 251 g/mol. The molecular weight excluding hydrogens is 246 g/mol. The Balaban J connectivity index is 2.71. The summed E-state index contributed by atoms with van der Waals surface area (Å²) < 4.78 is 0.947. The highest BCUT2D eigenvalue weighted by Crippen LogP contribution is 2.13. The van der Waals surface area contributed by atoms with Gasteiger partial charge in [0.25, 0.3) is 0 Å². The topological polar surface area (TPSA) is 65.2 Å². The number of nitrogens with one attached hydrogen (secondary N) is 1. The van der Waals surface area contributed by atoms with Gasteiger partial charge in [0.1, 0.15) is 6.07 Å². The van der Waals surface area contributed by atoms with Gasteiger partial charge in [-0.3, -0.25) is 10.2 Å². The second-order valence-corrected chi connectivity index (χ2v) is 3.26. The van der Waals surface area contributed by atoms with Crippen molar-refractivity contribution >= 4 is 33.6 Å². The van der Waals surface area contributed by atoms with Crippen LogP contribution in [0.15, 0.2) is 33.8 Å². The van der Waals surface area contributed by atoms with Gasteiger partial charge in [0, 0.05) is 4.47 Å². The van der Waals surface area contributed by atoms with E-state index in [-0.39, 0.29) is 5.71 Å². The van der Waals surface area contributed by atoms with Crippen molar-refractivity contribution in [1.29, 1.82) is 5.26 Å². The van der Waals surface area contributed by atoms with Crippen LogP contribution in [0.2, 0.25) is 0 Å². The number of halogens is 1. The van der Waals surface area contributed by atoms with Crippen molar-refractivity contribution in [1.82, 2.24) is 0 Å². The second-order valence-electron chi connectivity index (χ2n) is 2.35. The molecule has 4 nitrogen and oxygen atoms in total. The molecule has 0 fully saturated rings. The fourth-order valence-corrected chi connectivity index (χ4v) is 0.991. The summed E-state index contributed by atoms with van der Waals surface area (Å²) in [4.78, 5) is 10.2. The lowest BCUT2D eigenvalue weighted by molar-refractivity contribution is -0.102. The fraction of sp³-hybridized carbons (Fsp3) is 0. The number of nitriles is 1. The first-order chi connectivity index (χ1) is 6.76. The molecule has 5 heteroatoms. The lowest BCUT2D eigenvalue weighted by Gasteiger charge is -1.98. The molecule has 1 rings (SSSR count). The van der Waals surface area contributed by atoms with Gasteiger partial charge >= 0.3 is 0 Å². The van der Waals surface area contributed by atoms with Crippen LogP contribution in [0.3, 0.4) is 0 Å². The van der Waals surface area contributed by atoms with E-state index in [1.165, 1.54) is 0 Å². The van der Waals surface area contributed by atoms with Crippen LogP contribution in [0, 0.1) is 11.3 Å². The van der Waals surface area contributed by atoms with Crippen molar-refractivity contribution in [3.63, 3.8) is 0 Å². The minimum Gasteiger partial charge on any atom is -0.295 e. The van der Waals surface area contributed by atoms with Crippen molar-refractivity contribution in [3.05, 3.63) is 28.7 Å². The second kappa shape index (κ2) is 5.14. The van der Waals surface area contributed by atoms with Gasteiger partial charge in [0.05, 0.1) is 5.69 Å². The van der Waals surface area contributed by atoms with Crippen molar-refractivity contribution in [2.75, 3.05) is 5.43 Å². The molecule has 0 aliphatic rings. The summed E-state index contributed by atoms with van der Waals surface area (Å²) in [6.07, 6.45) is 0.395. The highest BCUT2D eigenvalue weighted by atomic mass is 79.9. The van der Waals surface area contributed by atoms with Crippen molar-refractivity contribution in [2.45, 2.75) is 0 Å². The number of anilines is 1. The van der Waals surface area contributed by atoms with Crippen LogP contribution in [0.4, 0.5) is 5.69 Å². The summed E-state index contributed by atoms with van der Waals surface area (Å²) in [5, 5.41) is 12.0. The standard InChI is InChI=1S/C9H6BrN3O/c10-7-1-3-8(4-2-7)12-13-9(5-11)6-14/h1-4,6,12H/b13-9-. The normalized spacial score (nSPS) is 10.4. The summed E-state index contributed by atoms with van der Waals surface area (Å²) in [5.41, 5.74) is 3.11. The zero-order valence-corrected chi connectivity index (χ0v) is 8.65. The van der Waals surface area contributed by atoms with E-state index in [0.29, 0.717) is 12.0 Å². The number of hydrogen-bond donors (Lipinski definition) is 1. The Morgan fingerprint density at radius 1 is 1.50 bits per heavy atom. The van der Waals surface area contributed by atoms with Gasteiger partial charge in [-0.15, -0.1) is 0 Å².